The van der Waals surface area contributed by atoms with E-state index >= 15 is 0 Å². The number of hydrogen-bond donors (Lipinski definition) is 1. The van der Waals surface area contributed by atoms with Crippen LogP contribution in [0.2, 0.25) is 0 Å². The van der Waals surface area contributed by atoms with Gasteiger partial charge >= 0.3 is 0 Å². The minimum Gasteiger partial charge on any atom is -0.493 e. The van der Waals surface area contributed by atoms with E-state index in [0.29, 0.717) is 5.75 Å². The number of methoxy groups -OCH3 is 1. The third-order valence-corrected chi connectivity index (χ3v) is 2.42. The third kappa shape index (κ3) is 2.31. The van der Waals surface area contributed by atoms with E-state index < -0.39 is 6.10 Å². The molecule has 0 saturated carbocycles. The highest BCUT2D eigenvalue weighted by molar-refractivity contribution is 5.28. The number of aliphatic hydroxyl groups is 1. The lowest BCUT2D eigenvalue weighted by molar-refractivity contribution is 0.112. The van der Waals surface area contributed by atoms with E-state index in [9.17, 15) is 5.11 Å². The molecule has 4 nitrogen and oxygen atoms in total. The molecule has 1 N–H and O–H groups in total. The molecule has 0 aliphatic rings. The minimum atomic E-state index is -0.537. The topological polar surface area (TPSA) is 47.3 Å². The van der Waals surface area contributed by atoms with E-state index in [4.69, 9.17) is 4.74 Å². The Balaban J connectivity index is 3.15. The Morgan fingerprint density at radius 3 is 2.33 bits per heavy atom. The van der Waals surface area contributed by atoms with Crippen LogP contribution in [0.15, 0.2) is 6.20 Å². The van der Waals surface area contributed by atoms with E-state index in [0.717, 1.165) is 5.69 Å². The van der Waals surface area contributed by atoms with Crippen LogP contribution in [0.5, 0.6) is 5.75 Å². The first-order valence-corrected chi connectivity index (χ1v) is 5.28. The van der Waals surface area contributed by atoms with Gasteiger partial charge in [-0.15, -0.1) is 0 Å². The quantitative estimate of drug-likeness (QED) is 0.832. The van der Waals surface area contributed by atoms with Gasteiger partial charge in [-0.3, -0.25) is 4.68 Å². The second-order valence-electron chi connectivity index (χ2n) is 4.33. The van der Waals surface area contributed by atoms with Gasteiger partial charge in [0.15, 0.2) is 5.75 Å². The van der Waals surface area contributed by atoms with Crippen molar-refractivity contribution in [1.82, 2.24) is 9.78 Å². The summed E-state index contributed by atoms with van der Waals surface area (Å²) in [5.41, 5.74) is 0.766. The van der Waals surface area contributed by atoms with Crippen LogP contribution in [0.3, 0.4) is 0 Å². The number of aliphatic hydroxyl groups excluding tert-OH is 1. The number of aromatic nitrogens is 2. The van der Waals surface area contributed by atoms with Crippen LogP contribution in [0.4, 0.5) is 0 Å². The molecule has 15 heavy (non-hydrogen) atoms. The molecule has 1 rings (SSSR count). The zero-order chi connectivity index (χ0) is 11.6. The second-order valence-corrected chi connectivity index (χ2v) is 4.33. The molecule has 0 fully saturated rings. The SMILES string of the molecule is COc1cnn(C(C)C)c1C(O)C(C)C. The van der Waals surface area contributed by atoms with Crippen molar-refractivity contribution in [1.29, 1.82) is 0 Å². The average Bonchev–Trinajstić information content (AvgIpc) is 2.59. The van der Waals surface area contributed by atoms with Gasteiger partial charge in [0, 0.05) is 6.04 Å². The van der Waals surface area contributed by atoms with Crippen LogP contribution in [-0.4, -0.2) is 22.0 Å². The molecule has 0 aromatic carbocycles. The lowest BCUT2D eigenvalue weighted by atomic mass is 10.0. The summed E-state index contributed by atoms with van der Waals surface area (Å²) in [6, 6.07) is 0.220. The van der Waals surface area contributed by atoms with Crippen LogP contribution < -0.4 is 4.74 Å². The zero-order valence-corrected chi connectivity index (χ0v) is 10.1. The van der Waals surface area contributed by atoms with Gasteiger partial charge in [-0.2, -0.15) is 5.10 Å². The summed E-state index contributed by atoms with van der Waals surface area (Å²) in [6.07, 6.45) is 1.12. The van der Waals surface area contributed by atoms with E-state index in [1.165, 1.54) is 0 Å². The van der Waals surface area contributed by atoms with E-state index in [-0.39, 0.29) is 12.0 Å². The highest BCUT2D eigenvalue weighted by Crippen LogP contribution is 2.31. The number of rotatable bonds is 4. The van der Waals surface area contributed by atoms with Gasteiger partial charge in [-0.05, 0) is 19.8 Å². The van der Waals surface area contributed by atoms with Crippen LogP contribution in [-0.2, 0) is 0 Å². The third-order valence-electron chi connectivity index (χ3n) is 2.42. The Hall–Kier alpha value is -1.03. The molecule has 0 saturated heterocycles. The predicted octanol–water partition coefficient (Wildman–Crippen LogP) is 2.16. The lowest BCUT2D eigenvalue weighted by Gasteiger charge is -2.19. The normalized spacial score (nSPS) is 13.6. The molecular weight excluding hydrogens is 192 g/mol. The molecule has 0 aliphatic carbocycles. The summed E-state index contributed by atoms with van der Waals surface area (Å²) in [6.45, 7) is 8.01. The lowest BCUT2D eigenvalue weighted by Crippen LogP contribution is -2.15. The maximum Gasteiger partial charge on any atom is 0.162 e. The van der Waals surface area contributed by atoms with Crippen LogP contribution in [0.25, 0.3) is 0 Å². The Labute approximate surface area is 90.9 Å². The van der Waals surface area contributed by atoms with Crippen molar-refractivity contribution >= 4 is 0 Å². The van der Waals surface area contributed by atoms with E-state index in [1.807, 2.05) is 32.4 Å². The van der Waals surface area contributed by atoms with Gasteiger partial charge in [0.05, 0.1) is 13.3 Å². The summed E-state index contributed by atoms with van der Waals surface area (Å²) in [5.74, 6) is 0.804. The summed E-state index contributed by atoms with van der Waals surface area (Å²) in [5, 5.41) is 14.3. The molecule has 1 aromatic rings. The highest BCUT2D eigenvalue weighted by atomic mass is 16.5. The van der Waals surface area contributed by atoms with Crippen molar-refractivity contribution in [3.8, 4) is 5.75 Å². The maximum atomic E-state index is 10.1. The van der Waals surface area contributed by atoms with Gasteiger partial charge in [-0.25, -0.2) is 0 Å². The van der Waals surface area contributed by atoms with Crippen molar-refractivity contribution in [2.75, 3.05) is 7.11 Å². The van der Waals surface area contributed by atoms with Gasteiger partial charge in [0.2, 0.25) is 0 Å². The van der Waals surface area contributed by atoms with E-state index in [1.54, 1.807) is 13.3 Å². The van der Waals surface area contributed by atoms with Crippen LogP contribution >= 0.6 is 0 Å². The zero-order valence-electron chi connectivity index (χ0n) is 10.1. The molecule has 0 aliphatic heterocycles. The van der Waals surface area contributed by atoms with Crippen LogP contribution in [0.1, 0.15) is 45.5 Å². The molecule has 1 heterocycles. The summed E-state index contributed by atoms with van der Waals surface area (Å²) >= 11 is 0. The summed E-state index contributed by atoms with van der Waals surface area (Å²) < 4.78 is 7.01. The van der Waals surface area contributed by atoms with Crippen molar-refractivity contribution in [3.05, 3.63) is 11.9 Å². The first kappa shape index (κ1) is 12.0. The summed E-state index contributed by atoms with van der Waals surface area (Å²) in [4.78, 5) is 0. The Bertz CT molecular complexity index is 318. The first-order chi connectivity index (χ1) is 6.99. The molecular formula is C11H20N2O2. The fourth-order valence-electron chi connectivity index (χ4n) is 1.52. The Morgan fingerprint density at radius 1 is 1.33 bits per heavy atom. The highest BCUT2D eigenvalue weighted by Gasteiger charge is 2.23. The molecule has 0 bridgehead atoms. The molecule has 1 aromatic heterocycles. The number of hydrogen-bond acceptors (Lipinski definition) is 3. The van der Waals surface area contributed by atoms with Crippen molar-refractivity contribution in [2.24, 2.45) is 5.92 Å². The molecule has 4 heteroatoms. The Morgan fingerprint density at radius 2 is 1.93 bits per heavy atom. The molecule has 0 radical (unpaired) electrons. The second kappa shape index (κ2) is 4.66. The minimum absolute atomic E-state index is 0.146. The molecule has 0 amide bonds. The fourth-order valence-corrected chi connectivity index (χ4v) is 1.52. The Kier molecular flexibility index (Phi) is 3.74. The van der Waals surface area contributed by atoms with Gasteiger partial charge < -0.3 is 9.84 Å². The van der Waals surface area contributed by atoms with Gasteiger partial charge in [0.1, 0.15) is 11.8 Å². The average molecular weight is 212 g/mol. The van der Waals surface area contributed by atoms with Gasteiger partial charge in [-0.1, -0.05) is 13.8 Å². The standard InChI is InChI=1S/C11H20N2O2/c1-7(2)11(14)10-9(15-5)6-12-13(10)8(3)4/h6-8,11,14H,1-5H3. The molecule has 1 atom stereocenters. The largest absolute Gasteiger partial charge is 0.493 e. The predicted molar refractivity (Wildman–Crippen MR) is 59.0 cm³/mol. The molecule has 86 valence electrons. The monoisotopic (exact) mass is 212 g/mol. The number of nitrogens with zero attached hydrogens (tertiary/aromatic N) is 2. The van der Waals surface area contributed by atoms with Crippen molar-refractivity contribution in [2.45, 2.75) is 39.8 Å². The van der Waals surface area contributed by atoms with Crippen molar-refractivity contribution in [3.63, 3.8) is 0 Å². The fraction of sp³-hybridized carbons (Fsp3) is 0.727. The van der Waals surface area contributed by atoms with Gasteiger partial charge in [0.25, 0.3) is 0 Å². The first-order valence-electron chi connectivity index (χ1n) is 5.28. The summed E-state index contributed by atoms with van der Waals surface area (Å²) in [7, 11) is 1.60. The smallest absolute Gasteiger partial charge is 0.162 e. The maximum absolute atomic E-state index is 10.1. The molecule has 0 spiro atoms. The van der Waals surface area contributed by atoms with Crippen LogP contribution in [0, 0.1) is 5.92 Å². The molecule has 1 unspecified atom stereocenters. The number of ether oxygens (including phenoxy) is 1. The van der Waals surface area contributed by atoms with Crippen molar-refractivity contribution < 1.29 is 9.84 Å². The van der Waals surface area contributed by atoms with E-state index in [2.05, 4.69) is 5.10 Å².